The first-order valence-corrected chi connectivity index (χ1v) is 6.25. The van der Waals surface area contributed by atoms with Gasteiger partial charge in [-0.2, -0.15) is 5.10 Å². The first-order valence-electron chi connectivity index (χ1n) is 6.25. The molecule has 3 rings (SSSR count). The molecular weight excluding hydrogens is 234 g/mol. The molecule has 3 nitrogen and oxygen atoms in total. The number of aromatic amines is 1. The fourth-order valence-corrected chi connectivity index (χ4v) is 2.04. The van der Waals surface area contributed by atoms with E-state index in [1.807, 2.05) is 12.1 Å². The van der Waals surface area contributed by atoms with Gasteiger partial charge in [-0.05, 0) is 29.7 Å². The molecule has 0 fully saturated rings. The van der Waals surface area contributed by atoms with Crippen LogP contribution in [0, 0.1) is 6.92 Å². The Balaban J connectivity index is 1.97. The van der Waals surface area contributed by atoms with E-state index in [0.29, 0.717) is 0 Å². The number of aromatic nitrogens is 2. The molecule has 1 aromatic heterocycles. The molecule has 0 radical (unpaired) electrons. The van der Waals surface area contributed by atoms with E-state index >= 15 is 0 Å². The highest BCUT2D eigenvalue weighted by Crippen LogP contribution is 2.26. The molecule has 0 saturated heterocycles. The van der Waals surface area contributed by atoms with Crippen molar-refractivity contribution in [2.24, 2.45) is 0 Å². The Morgan fingerprint density at radius 3 is 2.53 bits per heavy atom. The van der Waals surface area contributed by atoms with E-state index in [9.17, 15) is 0 Å². The maximum Gasteiger partial charge on any atom is 0.125 e. The molecule has 0 amide bonds. The minimum absolute atomic E-state index is 0.897. The Morgan fingerprint density at radius 1 is 0.947 bits per heavy atom. The first-order chi connectivity index (χ1) is 9.33. The van der Waals surface area contributed by atoms with Crippen LogP contribution in [0.15, 0.2) is 60.8 Å². The number of anilines is 2. The van der Waals surface area contributed by atoms with Crippen LogP contribution in [-0.2, 0) is 0 Å². The second-order valence-electron chi connectivity index (χ2n) is 4.49. The summed E-state index contributed by atoms with van der Waals surface area (Å²) in [4.78, 5) is 0. The third kappa shape index (κ3) is 2.50. The monoisotopic (exact) mass is 249 g/mol. The predicted octanol–water partition coefficient (Wildman–Crippen LogP) is 4.13. The van der Waals surface area contributed by atoms with E-state index in [-0.39, 0.29) is 0 Å². The van der Waals surface area contributed by atoms with Crippen LogP contribution in [0.4, 0.5) is 11.5 Å². The van der Waals surface area contributed by atoms with Gasteiger partial charge in [0.2, 0.25) is 0 Å². The number of hydrogen-bond acceptors (Lipinski definition) is 2. The van der Waals surface area contributed by atoms with Crippen LogP contribution in [0.1, 0.15) is 5.56 Å². The molecule has 1 heterocycles. The lowest BCUT2D eigenvalue weighted by atomic mass is 10.0. The van der Waals surface area contributed by atoms with Gasteiger partial charge in [0.25, 0.3) is 0 Å². The summed E-state index contributed by atoms with van der Waals surface area (Å²) in [7, 11) is 0. The molecule has 3 heteroatoms. The lowest BCUT2D eigenvalue weighted by Crippen LogP contribution is -1.94. The molecule has 0 aliphatic heterocycles. The van der Waals surface area contributed by atoms with Crippen molar-refractivity contribution in [1.29, 1.82) is 0 Å². The molecule has 0 atom stereocenters. The van der Waals surface area contributed by atoms with Crippen molar-refractivity contribution < 1.29 is 0 Å². The molecule has 2 N–H and O–H groups in total. The van der Waals surface area contributed by atoms with Crippen molar-refractivity contribution in [3.63, 3.8) is 0 Å². The van der Waals surface area contributed by atoms with Crippen molar-refractivity contribution in [2.45, 2.75) is 6.92 Å². The number of nitrogens with zero attached hydrogens (tertiary/aromatic N) is 1. The third-order valence-corrected chi connectivity index (χ3v) is 3.11. The van der Waals surface area contributed by atoms with E-state index in [2.05, 4.69) is 64.9 Å². The van der Waals surface area contributed by atoms with Gasteiger partial charge >= 0.3 is 0 Å². The minimum atomic E-state index is 0.897. The fourth-order valence-electron chi connectivity index (χ4n) is 2.04. The van der Waals surface area contributed by atoms with Gasteiger partial charge in [-0.1, -0.05) is 42.5 Å². The lowest BCUT2D eigenvalue weighted by Gasteiger charge is -2.10. The lowest BCUT2D eigenvalue weighted by molar-refractivity contribution is 1.09. The van der Waals surface area contributed by atoms with Crippen LogP contribution in [0.3, 0.4) is 0 Å². The van der Waals surface area contributed by atoms with Gasteiger partial charge in [0.05, 0.1) is 6.20 Å². The zero-order valence-corrected chi connectivity index (χ0v) is 10.7. The van der Waals surface area contributed by atoms with Crippen molar-refractivity contribution in [2.75, 3.05) is 5.32 Å². The summed E-state index contributed by atoms with van der Waals surface area (Å²) < 4.78 is 0. The minimum Gasteiger partial charge on any atom is -0.340 e. The molecule has 0 aliphatic rings. The van der Waals surface area contributed by atoms with Crippen LogP contribution in [0.25, 0.3) is 11.1 Å². The van der Waals surface area contributed by atoms with Gasteiger partial charge in [-0.25, -0.2) is 0 Å². The largest absolute Gasteiger partial charge is 0.340 e. The maximum atomic E-state index is 3.94. The average Bonchev–Trinajstić information content (AvgIpc) is 2.95. The molecule has 94 valence electrons. The SMILES string of the molecule is Cc1ccc(-c2ccccc2)cc1Nc1ccn[nH]1. The second-order valence-corrected chi connectivity index (χ2v) is 4.49. The molecule has 0 bridgehead atoms. The molecule has 2 aromatic carbocycles. The number of hydrogen-bond donors (Lipinski definition) is 2. The maximum absolute atomic E-state index is 3.94. The summed E-state index contributed by atoms with van der Waals surface area (Å²) in [6, 6.07) is 18.7. The van der Waals surface area contributed by atoms with Gasteiger partial charge in [0, 0.05) is 11.8 Å². The van der Waals surface area contributed by atoms with E-state index in [1.54, 1.807) is 6.20 Å². The average molecular weight is 249 g/mol. The van der Waals surface area contributed by atoms with Crippen LogP contribution in [0.5, 0.6) is 0 Å². The van der Waals surface area contributed by atoms with E-state index in [4.69, 9.17) is 0 Å². The third-order valence-electron chi connectivity index (χ3n) is 3.11. The van der Waals surface area contributed by atoms with Crippen molar-refractivity contribution >= 4 is 11.5 Å². The Kier molecular flexibility index (Phi) is 3.02. The van der Waals surface area contributed by atoms with Crippen LogP contribution in [-0.4, -0.2) is 10.2 Å². The van der Waals surface area contributed by atoms with Crippen molar-refractivity contribution in [3.8, 4) is 11.1 Å². The van der Waals surface area contributed by atoms with Crippen LogP contribution >= 0.6 is 0 Å². The molecule has 3 aromatic rings. The Morgan fingerprint density at radius 2 is 1.79 bits per heavy atom. The van der Waals surface area contributed by atoms with Gasteiger partial charge in [-0.3, -0.25) is 5.10 Å². The van der Waals surface area contributed by atoms with E-state index < -0.39 is 0 Å². The molecule has 19 heavy (non-hydrogen) atoms. The fraction of sp³-hybridized carbons (Fsp3) is 0.0625. The molecule has 0 aliphatic carbocycles. The van der Waals surface area contributed by atoms with Gasteiger partial charge < -0.3 is 5.32 Å². The number of nitrogens with one attached hydrogen (secondary N) is 2. The second kappa shape index (κ2) is 4.98. The summed E-state index contributed by atoms with van der Waals surface area (Å²) in [5, 5.41) is 10.2. The number of aryl methyl sites for hydroxylation is 1. The predicted molar refractivity (Wildman–Crippen MR) is 78.5 cm³/mol. The summed E-state index contributed by atoms with van der Waals surface area (Å²) >= 11 is 0. The topological polar surface area (TPSA) is 40.7 Å². The van der Waals surface area contributed by atoms with Crippen LogP contribution in [0.2, 0.25) is 0 Å². The van der Waals surface area contributed by atoms with Gasteiger partial charge in [0.1, 0.15) is 5.82 Å². The van der Waals surface area contributed by atoms with E-state index in [1.165, 1.54) is 16.7 Å². The van der Waals surface area contributed by atoms with Crippen molar-refractivity contribution in [1.82, 2.24) is 10.2 Å². The molecular formula is C16H15N3. The van der Waals surface area contributed by atoms with Crippen LogP contribution < -0.4 is 5.32 Å². The smallest absolute Gasteiger partial charge is 0.125 e. The molecule has 0 spiro atoms. The van der Waals surface area contributed by atoms with Gasteiger partial charge in [-0.15, -0.1) is 0 Å². The molecule has 0 saturated carbocycles. The summed E-state index contributed by atoms with van der Waals surface area (Å²) in [5.74, 6) is 0.897. The number of benzene rings is 2. The number of H-pyrrole nitrogens is 1. The quantitative estimate of drug-likeness (QED) is 0.732. The highest BCUT2D eigenvalue weighted by molar-refractivity contribution is 5.72. The Hall–Kier alpha value is -2.55. The highest BCUT2D eigenvalue weighted by Gasteiger charge is 2.03. The molecule has 0 unspecified atom stereocenters. The normalized spacial score (nSPS) is 10.4. The zero-order valence-electron chi connectivity index (χ0n) is 10.7. The Bertz CT molecular complexity index is 658. The summed E-state index contributed by atoms with van der Waals surface area (Å²) in [6.07, 6.45) is 1.73. The zero-order chi connectivity index (χ0) is 13.1. The van der Waals surface area contributed by atoms with Gasteiger partial charge in [0.15, 0.2) is 0 Å². The van der Waals surface area contributed by atoms with E-state index in [0.717, 1.165) is 11.5 Å². The number of rotatable bonds is 3. The summed E-state index contributed by atoms with van der Waals surface area (Å²) in [6.45, 7) is 2.09. The van der Waals surface area contributed by atoms with Crippen molar-refractivity contribution in [3.05, 3.63) is 66.4 Å². The Labute approximate surface area is 112 Å². The standard InChI is InChI=1S/C16H15N3/c1-12-7-8-14(13-5-3-2-4-6-13)11-15(12)18-16-9-10-17-19-16/h2-11H,1H3,(H2,17,18,19). The highest BCUT2D eigenvalue weighted by atomic mass is 15.2. The summed E-state index contributed by atoms with van der Waals surface area (Å²) in [5.41, 5.74) is 4.71. The first kappa shape index (κ1) is 11.5.